The number of nitrogens with two attached hydrogens (primary N) is 2. The lowest BCUT2D eigenvalue weighted by Gasteiger charge is -2.33. The number of benzene rings is 6. The molecule has 0 bridgehead atoms. The molecule has 0 unspecified atom stereocenters. The first kappa shape index (κ1) is 54.6. The van der Waals surface area contributed by atoms with Gasteiger partial charge in [-0.05, 0) is 144 Å². The molecule has 0 aliphatic carbocycles. The van der Waals surface area contributed by atoms with Gasteiger partial charge in [0.25, 0.3) is 0 Å². The standard InChI is InChI=1S/C55H48F10N2O6/c56-52(57,58)31-29-39-1-15-43(16-2-39)54(62,63)72-47-23-9-37(10-24-47)13-27-49(68)70-35-51(33-41-5-19-45(66)20-6-41,34-42-7-21-46(67)22-8-42)36-71-50(69)28-14-38-11-25-48(26-12-38)73-55(64,65)44-17-3-40(4-18-44)30-32-53(59,60)61/h1-28H,29-36,66-67H2/b27-13+,28-14+. The Kier molecular flexibility index (Phi) is 17.7. The number of rotatable bonds is 22. The lowest BCUT2D eigenvalue weighted by atomic mass is 9.77. The molecule has 4 N–H and O–H groups in total. The fraction of sp³-hybridized carbons (Fsp3) is 0.236. The predicted molar refractivity (Wildman–Crippen MR) is 255 cm³/mol. The molecule has 384 valence electrons. The first-order chi connectivity index (χ1) is 34.4. The summed E-state index contributed by atoms with van der Waals surface area (Å²) in [4.78, 5) is 26.6. The molecule has 0 radical (unpaired) electrons. The topological polar surface area (TPSA) is 123 Å². The van der Waals surface area contributed by atoms with Crippen LogP contribution in [-0.2, 0) is 57.0 Å². The maximum absolute atomic E-state index is 15.0. The number of carbonyl (C=O) groups is 2. The Bertz CT molecular complexity index is 2600. The normalized spacial score (nSPS) is 12.5. The maximum Gasteiger partial charge on any atom is 0.426 e. The Morgan fingerprint density at radius 2 is 0.740 bits per heavy atom. The SMILES string of the molecule is Nc1ccc(CC(COC(=O)/C=C/c2ccc(OC(F)(F)c3ccc(CCC(F)(F)F)cc3)cc2)(COC(=O)/C=C/c2ccc(OC(F)(F)c3ccc(CCC(F)(F)F)cc3)cc2)Cc2ccc(N)cc2)cc1. The van der Waals surface area contributed by atoms with Gasteiger partial charge in [0.1, 0.15) is 24.7 Å². The van der Waals surface area contributed by atoms with E-state index in [1.54, 1.807) is 48.5 Å². The van der Waals surface area contributed by atoms with E-state index in [0.29, 0.717) is 22.5 Å². The second-order valence-corrected chi connectivity index (χ2v) is 17.2. The molecule has 0 aliphatic heterocycles. The number of aryl methyl sites for hydroxylation is 2. The van der Waals surface area contributed by atoms with E-state index in [1.807, 2.05) is 0 Å². The van der Waals surface area contributed by atoms with E-state index in [-0.39, 0.29) is 61.5 Å². The van der Waals surface area contributed by atoms with Crippen LogP contribution in [0.4, 0.5) is 55.3 Å². The number of alkyl halides is 10. The number of carbonyl (C=O) groups excluding carboxylic acids is 2. The van der Waals surface area contributed by atoms with Gasteiger partial charge in [-0.15, -0.1) is 0 Å². The van der Waals surface area contributed by atoms with Gasteiger partial charge >= 0.3 is 36.5 Å². The van der Waals surface area contributed by atoms with Crippen molar-refractivity contribution in [3.8, 4) is 11.5 Å². The van der Waals surface area contributed by atoms with Gasteiger partial charge in [0.2, 0.25) is 0 Å². The zero-order valence-electron chi connectivity index (χ0n) is 38.7. The van der Waals surface area contributed by atoms with E-state index in [2.05, 4.69) is 0 Å². The predicted octanol–water partition coefficient (Wildman–Crippen LogP) is 13.4. The summed E-state index contributed by atoms with van der Waals surface area (Å²) >= 11 is 0. The average molecular weight is 1020 g/mol. The highest BCUT2D eigenvalue weighted by molar-refractivity contribution is 5.87. The molecule has 0 atom stereocenters. The third kappa shape index (κ3) is 17.8. The van der Waals surface area contributed by atoms with Crippen molar-refractivity contribution < 1.29 is 72.4 Å². The molecule has 73 heavy (non-hydrogen) atoms. The fourth-order valence-corrected chi connectivity index (χ4v) is 7.33. The van der Waals surface area contributed by atoms with Gasteiger partial charge in [-0.1, -0.05) is 72.8 Å². The first-order valence-corrected chi connectivity index (χ1v) is 22.5. The molecule has 0 fully saturated rings. The zero-order valence-corrected chi connectivity index (χ0v) is 38.7. The molecular weight excluding hydrogens is 975 g/mol. The molecule has 8 nitrogen and oxygen atoms in total. The van der Waals surface area contributed by atoms with Crippen LogP contribution in [-0.4, -0.2) is 37.5 Å². The van der Waals surface area contributed by atoms with E-state index in [1.165, 1.54) is 84.9 Å². The molecule has 0 saturated carbocycles. The van der Waals surface area contributed by atoms with Crippen molar-refractivity contribution in [2.75, 3.05) is 24.7 Å². The fourth-order valence-electron chi connectivity index (χ4n) is 7.33. The Labute approximate surface area is 413 Å². The minimum absolute atomic E-state index is 0.217. The smallest absolute Gasteiger partial charge is 0.426 e. The lowest BCUT2D eigenvalue weighted by Crippen LogP contribution is -2.38. The minimum atomic E-state index is -4.39. The van der Waals surface area contributed by atoms with E-state index in [0.717, 1.165) is 47.5 Å². The number of anilines is 2. The molecule has 0 amide bonds. The Morgan fingerprint density at radius 3 is 1.05 bits per heavy atom. The van der Waals surface area contributed by atoms with Crippen LogP contribution in [0.2, 0.25) is 0 Å². The van der Waals surface area contributed by atoms with Crippen LogP contribution in [0.15, 0.2) is 158 Å². The molecule has 6 aromatic rings. The number of esters is 2. The summed E-state index contributed by atoms with van der Waals surface area (Å²) in [5.74, 6) is -2.04. The summed E-state index contributed by atoms with van der Waals surface area (Å²) in [5, 5.41) is 0. The number of hydrogen-bond donors (Lipinski definition) is 2. The van der Waals surface area contributed by atoms with E-state index in [9.17, 15) is 53.5 Å². The molecule has 18 heteroatoms. The van der Waals surface area contributed by atoms with Gasteiger partial charge in [-0.3, -0.25) is 0 Å². The summed E-state index contributed by atoms with van der Waals surface area (Å²) in [6.07, 6.45) is -13.9. The Balaban J connectivity index is 1.10. The molecule has 0 aromatic heterocycles. The van der Waals surface area contributed by atoms with Gasteiger partial charge in [-0.2, -0.15) is 43.9 Å². The molecule has 0 aliphatic rings. The molecule has 0 spiro atoms. The molecule has 6 rings (SSSR count). The quantitative estimate of drug-likeness (QED) is 0.0298. The first-order valence-electron chi connectivity index (χ1n) is 22.5. The van der Waals surface area contributed by atoms with Crippen LogP contribution in [0.5, 0.6) is 11.5 Å². The van der Waals surface area contributed by atoms with E-state index in [4.69, 9.17) is 30.4 Å². The summed E-state index contributed by atoms with van der Waals surface area (Å²) in [6.45, 7) is -0.553. The summed E-state index contributed by atoms with van der Waals surface area (Å²) in [5.41, 5.74) is 13.5. The van der Waals surface area contributed by atoms with Gasteiger partial charge in [0.05, 0.1) is 11.1 Å². The largest absolute Gasteiger partial charge is 0.462 e. The van der Waals surface area contributed by atoms with Gasteiger partial charge < -0.3 is 30.4 Å². The minimum Gasteiger partial charge on any atom is -0.462 e. The lowest BCUT2D eigenvalue weighted by molar-refractivity contribution is -0.186. The van der Waals surface area contributed by atoms with Crippen LogP contribution >= 0.6 is 0 Å². The van der Waals surface area contributed by atoms with Gasteiger partial charge in [0.15, 0.2) is 0 Å². The van der Waals surface area contributed by atoms with E-state index >= 15 is 0 Å². The second-order valence-electron chi connectivity index (χ2n) is 17.2. The highest BCUT2D eigenvalue weighted by Gasteiger charge is 2.37. The molecular formula is C55H48F10N2O6. The Morgan fingerprint density at radius 1 is 0.425 bits per heavy atom. The number of nitrogen functional groups attached to an aromatic ring is 2. The average Bonchev–Trinajstić information content (AvgIpc) is 3.34. The van der Waals surface area contributed by atoms with Gasteiger partial charge in [0, 0.05) is 41.8 Å². The molecule has 0 saturated heterocycles. The number of ether oxygens (including phenoxy) is 4. The third-order valence-electron chi connectivity index (χ3n) is 11.2. The highest BCUT2D eigenvalue weighted by atomic mass is 19.4. The van der Waals surface area contributed by atoms with Crippen LogP contribution in [0.25, 0.3) is 12.2 Å². The van der Waals surface area contributed by atoms with Crippen molar-refractivity contribution in [2.24, 2.45) is 5.41 Å². The van der Waals surface area contributed by atoms with Crippen LogP contribution in [0, 0.1) is 5.41 Å². The van der Waals surface area contributed by atoms with Crippen molar-refractivity contribution in [1.29, 1.82) is 0 Å². The Hall–Kier alpha value is -7.76. The van der Waals surface area contributed by atoms with E-state index < -0.39 is 65.9 Å². The number of halogens is 10. The van der Waals surface area contributed by atoms with Crippen molar-refractivity contribution in [3.05, 3.63) is 202 Å². The van der Waals surface area contributed by atoms with Crippen LogP contribution in [0.3, 0.4) is 0 Å². The van der Waals surface area contributed by atoms with Crippen LogP contribution in [0.1, 0.15) is 57.3 Å². The molecule has 6 aromatic carbocycles. The summed E-state index contributed by atoms with van der Waals surface area (Å²) < 4.78 is 157. The monoisotopic (exact) mass is 1020 g/mol. The third-order valence-corrected chi connectivity index (χ3v) is 11.2. The second kappa shape index (κ2) is 23.6. The maximum atomic E-state index is 15.0. The van der Waals surface area contributed by atoms with Crippen molar-refractivity contribution >= 4 is 35.5 Å². The van der Waals surface area contributed by atoms with Crippen molar-refractivity contribution in [2.45, 2.75) is 63.1 Å². The summed E-state index contributed by atoms with van der Waals surface area (Å²) in [6, 6.07) is 33.2. The van der Waals surface area contributed by atoms with Crippen molar-refractivity contribution in [1.82, 2.24) is 0 Å². The summed E-state index contributed by atoms with van der Waals surface area (Å²) in [7, 11) is 0. The van der Waals surface area contributed by atoms with Crippen molar-refractivity contribution in [3.63, 3.8) is 0 Å². The van der Waals surface area contributed by atoms with Crippen LogP contribution < -0.4 is 20.9 Å². The highest BCUT2D eigenvalue weighted by Crippen LogP contribution is 2.35. The zero-order chi connectivity index (χ0) is 52.9. The molecule has 0 heterocycles. The number of hydrogen-bond acceptors (Lipinski definition) is 8. The van der Waals surface area contributed by atoms with Gasteiger partial charge in [-0.25, -0.2) is 9.59 Å².